The number of furan rings is 1. The molecule has 19 heavy (non-hydrogen) atoms. The SMILES string of the molecule is Cc1oc(CN2CCc3ccc(F)cc32)cc1CN. The number of nitrogens with two attached hydrogens (primary N) is 1. The van der Waals surface area contributed by atoms with Gasteiger partial charge in [-0.25, -0.2) is 4.39 Å². The Kier molecular flexibility index (Phi) is 3.03. The first-order valence-electron chi connectivity index (χ1n) is 6.49. The van der Waals surface area contributed by atoms with Crippen molar-refractivity contribution in [1.82, 2.24) is 0 Å². The first-order valence-corrected chi connectivity index (χ1v) is 6.49. The van der Waals surface area contributed by atoms with Crippen molar-refractivity contribution in [2.45, 2.75) is 26.4 Å². The highest BCUT2D eigenvalue weighted by atomic mass is 19.1. The van der Waals surface area contributed by atoms with Crippen LogP contribution in [0.2, 0.25) is 0 Å². The average molecular weight is 260 g/mol. The number of rotatable bonds is 3. The van der Waals surface area contributed by atoms with Gasteiger partial charge in [-0.15, -0.1) is 0 Å². The molecule has 3 nitrogen and oxygen atoms in total. The molecule has 0 amide bonds. The number of fused-ring (bicyclic) bond motifs is 1. The molecule has 0 aliphatic carbocycles. The van der Waals surface area contributed by atoms with Crippen molar-refractivity contribution in [3.05, 3.63) is 52.7 Å². The van der Waals surface area contributed by atoms with Crippen molar-refractivity contribution in [3.8, 4) is 0 Å². The predicted molar refractivity (Wildman–Crippen MR) is 72.5 cm³/mol. The Bertz CT molecular complexity index is 606. The molecule has 0 radical (unpaired) electrons. The maximum Gasteiger partial charge on any atom is 0.125 e. The van der Waals surface area contributed by atoms with Crippen LogP contribution in [0.1, 0.15) is 22.6 Å². The molecular weight excluding hydrogens is 243 g/mol. The van der Waals surface area contributed by atoms with E-state index < -0.39 is 0 Å². The van der Waals surface area contributed by atoms with E-state index in [4.69, 9.17) is 10.2 Å². The van der Waals surface area contributed by atoms with Crippen LogP contribution in [0.5, 0.6) is 0 Å². The molecule has 0 bridgehead atoms. The second-order valence-corrected chi connectivity index (χ2v) is 4.94. The van der Waals surface area contributed by atoms with Gasteiger partial charge in [0.25, 0.3) is 0 Å². The lowest BCUT2D eigenvalue weighted by Crippen LogP contribution is -2.19. The van der Waals surface area contributed by atoms with Crippen molar-refractivity contribution in [1.29, 1.82) is 0 Å². The molecule has 0 saturated heterocycles. The molecule has 2 aromatic rings. The minimum Gasteiger partial charge on any atom is -0.464 e. The zero-order valence-corrected chi connectivity index (χ0v) is 10.9. The fourth-order valence-electron chi connectivity index (χ4n) is 2.64. The van der Waals surface area contributed by atoms with Gasteiger partial charge in [0.05, 0.1) is 6.54 Å². The third kappa shape index (κ3) is 2.24. The second-order valence-electron chi connectivity index (χ2n) is 4.94. The number of hydrogen-bond donors (Lipinski definition) is 1. The summed E-state index contributed by atoms with van der Waals surface area (Å²) in [5, 5.41) is 0. The fourth-order valence-corrected chi connectivity index (χ4v) is 2.64. The molecule has 2 heterocycles. The van der Waals surface area contributed by atoms with Crippen LogP contribution in [0.15, 0.2) is 28.7 Å². The molecule has 100 valence electrons. The van der Waals surface area contributed by atoms with Gasteiger partial charge >= 0.3 is 0 Å². The van der Waals surface area contributed by atoms with E-state index in [-0.39, 0.29) is 5.82 Å². The molecule has 1 aromatic carbocycles. The smallest absolute Gasteiger partial charge is 0.125 e. The normalized spacial score (nSPS) is 13.9. The second kappa shape index (κ2) is 4.70. The van der Waals surface area contributed by atoms with Crippen LogP contribution in [0.4, 0.5) is 10.1 Å². The van der Waals surface area contributed by atoms with Crippen molar-refractivity contribution >= 4 is 5.69 Å². The van der Waals surface area contributed by atoms with Gasteiger partial charge in [0.2, 0.25) is 0 Å². The van der Waals surface area contributed by atoms with E-state index in [0.717, 1.165) is 35.7 Å². The third-order valence-corrected chi connectivity index (χ3v) is 3.68. The van der Waals surface area contributed by atoms with Crippen molar-refractivity contribution in [3.63, 3.8) is 0 Å². The van der Waals surface area contributed by atoms with E-state index in [0.29, 0.717) is 13.1 Å². The molecule has 1 aliphatic rings. The molecule has 1 aromatic heterocycles. The highest BCUT2D eigenvalue weighted by Crippen LogP contribution is 2.30. The largest absolute Gasteiger partial charge is 0.464 e. The van der Waals surface area contributed by atoms with E-state index in [1.165, 1.54) is 11.6 Å². The number of hydrogen-bond acceptors (Lipinski definition) is 3. The maximum absolute atomic E-state index is 13.3. The monoisotopic (exact) mass is 260 g/mol. The Hall–Kier alpha value is -1.81. The summed E-state index contributed by atoms with van der Waals surface area (Å²) in [6, 6.07) is 6.98. The van der Waals surface area contributed by atoms with Crippen molar-refractivity contribution < 1.29 is 8.81 Å². The molecule has 2 N–H and O–H groups in total. The first-order chi connectivity index (χ1) is 9.17. The zero-order chi connectivity index (χ0) is 13.4. The van der Waals surface area contributed by atoms with E-state index >= 15 is 0 Å². The Morgan fingerprint density at radius 1 is 1.37 bits per heavy atom. The third-order valence-electron chi connectivity index (χ3n) is 3.68. The number of aryl methyl sites for hydroxylation is 1. The topological polar surface area (TPSA) is 42.4 Å². The first kappa shape index (κ1) is 12.2. The lowest BCUT2D eigenvalue weighted by Gasteiger charge is -2.17. The summed E-state index contributed by atoms with van der Waals surface area (Å²) in [4.78, 5) is 2.15. The van der Waals surface area contributed by atoms with Crippen LogP contribution in [0.3, 0.4) is 0 Å². The molecule has 0 fully saturated rings. The van der Waals surface area contributed by atoms with E-state index in [1.54, 1.807) is 6.07 Å². The molecule has 4 heteroatoms. The molecule has 1 aliphatic heterocycles. The maximum atomic E-state index is 13.3. The predicted octanol–water partition coefficient (Wildman–Crippen LogP) is 2.75. The Balaban J connectivity index is 1.84. The average Bonchev–Trinajstić information content (AvgIpc) is 2.94. The molecule has 0 atom stereocenters. The Morgan fingerprint density at radius 2 is 2.21 bits per heavy atom. The Labute approximate surface area is 111 Å². The van der Waals surface area contributed by atoms with Gasteiger partial charge in [-0.05, 0) is 37.1 Å². The number of halogens is 1. The molecule has 0 saturated carbocycles. The Morgan fingerprint density at radius 3 is 2.95 bits per heavy atom. The van der Waals surface area contributed by atoms with Crippen molar-refractivity contribution in [2.75, 3.05) is 11.4 Å². The van der Waals surface area contributed by atoms with Crippen molar-refractivity contribution in [2.24, 2.45) is 5.73 Å². The standard InChI is InChI=1S/C15H17FN2O/c1-10-12(8-17)6-14(19-10)9-18-5-4-11-2-3-13(16)7-15(11)18/h2-3,6-7H,4-5,8-9,17H2,1H3. The summed E-state index contributed by atoms with van der Waals surface area (Å²) >= 11 is 0. The van der Waals surface area contributed by atoms with E-state index in [9.17, 15) is 4.39 Å². The highest BCUT2D eigenvalue weighted by Gasteiger charge is 2.21. The quantitative estimate of drug-likeness (QED) is 0.922. The lowest BCUT2D eigenvalue weighted by molar-refractivity contribution is 0.477. The molecular formula is C15H17FN2O. The minimum atomic E-state index is -0.191. The van der Waals surface area contributed by atoms with Gasteiger partial charge < -0.3 is 15.1 Å². The van der Waals surface area contributed by atoms with Crippen LogP contribution in [0.25, 0.3) is 0 Å². The van der Waals surface area contributed by atoms with E-state index in [2.05, 4.69) is 4.90 Å². The van der Waals surface area contributed by atoms with Gasteiger partial charge in [0, 0.05) is 24.3 Å². The number of benzene rings is 1. The minimum absolute atomic E-state index is 0.191. The molecule has 0 spiro atoms. The van der Waals surface area contributed by atoms with Crippen LogP contribution in [-0.4, -0.2) is 6.54 Å². The summed E-state index contributed by atoms with van der Waals surface area (Å²) in [6.45, 7) is 3.97. The van der Waals surface area contributed by atoms with Gasteiger partial charge in [0.1, 0.15) is 17.3 Å². The summed E-state index contributed by atoms with van der Waals surface area (Å²) in [7, 11) is 0. The summed E-state index contributed by atoms with van der Waals surface area (Å²) < 4.78 is 19.0. The highest BCUT2D eigenvalue weighted by molar-refractivity contribution is 5.58. The lowest BCUT2D eigenvalue weighted by atomic mass is 10.2. The van der Waals surface area contributed by atoms with E-state index in [1.807, 2.05) is 19.1 Å². The summed E-state index contributed by atoms with van der Waals surface area (Å²) in [6.07, 6.45) is 0.957. The zero-order valence-electron chi connectivity index (χ0n) is 10.9. The van der Waals surface area contributed by atoms with Gasteiger partial charge in [-0.2, -0.15) is 0 Å². The van der Waals surface area contributed by atoms with Crippen LogP contribution in [0, 0.1) is 12.7 Å². The molecule has 0 unspecified atom stereocenters. The van der Waals surface area contributed by atoms with Crippen LogP contribution >= 0.6 is 0 Å². The summed E-state index contributed by atoms with van der Waals surface area (Å²) in [5.41, 5.74) is 8.85. The van der Waals surface area contributed by atoms with Crippen LogP contribution in [-0.2, 0) is 19.5 Å². The van der Waals surface area contributed by atoms with Gasteiger partial charge in [-0.3, -0.25) is 0 Å². The van der Waals surface area contributed by atoms with Crippen LogP contribution < -0.4 is 10.6 Å². The van der Waals surface area contributed by atoms with Gasteiger partial charge in [0.15, 0.2) is 0 Å². The number of nitrogens with zero attached hydrogens (tertiary/aromatic N) is 1. The number of anilines is 1. The fraction of sp³-hybridized carbons (Fsp3) is 0.333. The summed E-state index contributed by atoms with van der Waals surface area (Å²) in [5.74, 6) is 1.56. The molecule has 3 rings (SSSR count). The van der Waals surface area contributed by atoms with Gasteiger partial charge in [-0.1, -0.05) is 6.07 Å².